The first kappa shape index (κ1) is 17.1. The van der Waals surface area contributed by atoms with E-state index in [0.717, 1.165) is 10.9 Å². The molecule has 1 N–H and O–H groups in total. The van der Waals surface area contributed by atoms with Crippen LogP contribution in [0.25, 0.3) is 10.9 Å². The summed E-state index contributed by atoms with van der Waals surface area (Å²) in [6.45, 7) is 9.16. The number of carbonyl (C=O) groups excluding carboxylic acids is 2. The van der Waals surface area contributed by atoms with Crippen molar-refractivity contribution in [3.63, 3.8) is 0 Å². The van der Waals surface area contributed by atoms with E-state index >= 15 is 0 Å². The summed E-state index contributed by atoms with van der Waals surface area (Å²) in [6.07, 6.45) is 1.22. The van der Waals surface area contributed by atoms with Crippen LogP contribution in [0.1, 0.15) is 45.0 Å². The Morgan fingerprint density at radius 2 is 1.87 bits per heavy atom. The number of rotatable bonds is 4. The van der Waals surface area contributed by atoms with Gasteiger partial charge in [-0.05, 0) is 40.7 Å². The number of aromatic nitrogens is 1. The van der Waals surface area contributed by atoms with Gasteiger partial charge in [0.25, 0.3) is 0 Å². The van der Waals surface area contributed by atoms with Crippen LogP contribution in [0, 0.1) is 0 Å². The highest BCUT2D eigenvalue weighted by Gasteiger charge is 2.27. The van der Waals surface area contributed by atoms with Crippen LogP contribution in [0.4, 0.5) is 4.79 Å². The lowest BCUT2D eigenvalue weighted by Gasteiger charge is -2.29. The number of ketones is 1. The monoisotopic (exact) mass is 316 g/mol. The topological polar surface area (TPSA) is 62.4 Å². The minimum absolute atomic E-state index is 0.00553. The van der Waals surface area contributed by atoms with Crippen LogP contribution in [-0.2, 0) is 4.74 Å². The number of para-hydroxylation sites is 1. The Morgan fingerprint density at radius 3 is 2.48 bits per heavy atom. The number of benzene rings is 1. The molecule has 0 spiro atoms. The molecule has 0 aliphatic heterocycles. The molecule has 0 fully saturated rings. The number of fused-ring (bicyclic) bond motifs is 1. The Morgan fingerprint density at radius 1 is 1.22 bits per heavy atom. The van der Waals surface area contributed by atoms with Gasteiger partial charge in [-0.15, -0.1) is 0 Å². The summed E-state index contributed by atoms with van der Waals surface area (Å²) in [4.78, 5) is 29.5. The molecule has 0 aliphatic carbocycles. The molecule has 1 aromatic heterocycles. The highest BCUT2D eigenvalue weighted by Crippen LogP contribution is 2.19. The van der Waals surface area contributed by atoms with E-state index < -0.39 is 11.7 Å². The van der Waals surface area contributed by atoms with E-state index in [1.165, 1.54) is 4.90 Å². The maximum Gasteiger partial charge on any atom is 0.410 e. The molecule has 2 aromatic rings. The number of carbonyl (C=O) groups is 2. The number of H-pyrrole nitrogens is 1. The molecule has 2 rings (SSSR count). The molecule has 5 heteroatoms. The number of aromatic amines is 1. The van der Waals surface area contributed by atoms with Gasteiger partial charge >= 0.3 is 6.09 Å². The maximum atomic E-state index is 12.6. The summed E-state index contributed by atoms with van der Waals surface area (Å²) in [6, 6.07) is 7.49. The lowest BCUT2D eigenvalue weighted by Crippen LogP contribution is -2.43. The zero-order chi connectivity index (χ0) is 17.2. The van der Waals surface area contributed by atoms with E-state index in [-0.39, 0.29) is 18.4 Å². The fourth-order valence-corrected chi connectivity index (χ4v) is 2.32. The quantitative estimate of drug-likeness (QED) is 0.867. The van der Waals surface area contributed by atoms with Crippen molar-refractivity contribution in [2.75, 3.05) is 6.54 Å². The number of amides is 1. The minimum Gasteiger partial charge on any atom is -0.444 e. The molecule has 0 atom stereocenters. The van der Waals surface area contributed by atoms with Gasteiger partial charge in [-0.3, -0.25) is 9.69 Å². The number of ether oxygens (including phenoxy) is 1. The van der Waals surface area contributed by atoms with Crippen LogP contribution in [0.2, 0.25) is 0 Å². The van der Waals surface area contributed by atoms with Crippen LogP contribution in [0.3, 0.4) is 0 Å². The van der Waals surface area contributed by atoms with Gasteiger partial charge in [-0.2, -0.15) is 0 Å². The first-order chi connectivity index (χ1) is 10.7. The zero-order valence-corrected chi connectivity index (χ0v) is 14.3. The third kappa shape index (κ3) is 4.12. The summed E-state index contributed by atoms with van der Waals surface area (Å²) >= 11 is 0. The van der Waals surface area contributed by atoms with E-state index in [2.05, 4.69) is 4.98 Å². The zero-order valence-electron chi connectivity index (χ0n) is 14.3. The van der Waals surface area contributed by atoms with Crippen molar-refractivity contribution in [2.45, 2.75) is 46.3 Å². The number of Topliss-reactive ketones (excluding diaryl/α,β-unsaturated/α-hetero) is 1. The van der Waals surface area contributed by atoms with Crippen molar-refractivity contribution < 1.29 is 14.3 Å². The summed E-state index contributed by atoms with van der Waals surface area (Å²) < 4.78 is 5.39. The number of hydrogen-bond donors (Lipinski definition) is 1. The highest BCUT2D eigenvalue weighted by atomic mass is 16.6. The van der Waals surface area contributed by atoms with Gasteiger partial charge in [0.1, 0.15) is 5.60 Å². The van der Waals surface area contributed by atoms with Gasteiger partial charge in [0, 0.05) is 28.7 Å². The lowest BCUT2D eigenvalue weighted by atomic mass is 10.1. The number of nitrogens with zero attached hydrogens (tertiary/aromatic N) is 1. The summed E-state index contributed by atoms with van der Waals surface area (Å²) in [7, 11) is 0. The van der Waals surface area contributed by atoms with Gasteiger partial charge in [0.2, 0.25) is 0 Å². The van der Waals surface area contributed by atoms with Crippen molar-refractivity contribution in [3.8, 4) is 0 Å². The molecule has 1 heterocycles. The van der Waals surface area contributed by atoms with Crippen LogP contribution >= 0.6 is 0 Å². The lowest BCUT2D eigenvalue weighted by molar-refractivity contribution is 0.0191. The average Bonchev–Trinajstić information content (AvgIpc) is 2.86. The van der Waals surface area contributed by atoms with E-state index in [9.17, 15) is 9.59 Å². The van der Waals surface area contributed by atoms with Crippen LogP contribution in [0.5, 0.6) is 0 Å². The smallest absolute Gasteiger partial charge is 0.410 e. The normalized spacial score (nSPS) is 11.7. The Balaban J connectivity index is 2.20. The van der Waals surface area contributed by atoms with Gasteiger partial charge < -0.3 is 9.72 Å². The summed E-state index contributed by atoms with van der Waals surface area (Å²) in [5.41, 5.74) is 0.910. The standard InChI is InChI=1S/C18H24N2O3/c1-12(2)20(17(22)23-18(3,4)5)11-16(21)14-10-19-15-9-7-6-8-13(14)15/h6-10,12,19H,11H2,1-5H3. The first-order valence-electron chi connectivity index (χ1n) is 7.78. The van der Waals surface area contributed by atoms with Crippen LogP contribution in [0.15, 0.2) is 30.5 Å². The van der Waals surface area contributed by atoms with E-state index in [4.69, 9.17) is 4.74 Å². The average molecular weight is 316 g/mol. The maximum absolute atomic E-state index is 12.6. The second kappa shape index (κ2) is 6.44. The molecule has 23 heavy (non-hydrogen) atoms. The number of hydrogen-bond acceptors (Lipinski definition) is 3. The molecule has 1 amide bonds. The SMILES string of the molecule is CC(C)N(CC(=O)c1c[nH]c2ccccc12)C(=O)OC(C)(C)C. The van der Waals surface area contributed by atoms with Crippen molar-refractivity contribution in [1.82, 2.24) is 9.88 Å². The van der Waals surface area contributed by atoms with Gasteiger partial charge in [-0.25, -0.2) is 4.79 Å². The van der Waals surface area contributed by atoms with Crippen LogP contribution < -0.4 is 0 Å². The predicted octanol–water partition coefficient (Wildman–Crippen LogP) is 4.00. The molecule has 0 saturated heterocycles. The molecule has 1 aromatic carbocycles. The minimum atomic E-state index is -0.589. The Bertz CT molecular complexity index is 710. The Hall–Kier alpha value is -2.30. The Kier molecular flexibility index (Phi) is 4.78. The highest BCUT2D eigenvalue weighted by molar-refractivity contribution is 6.09. The molecule has 5 nitrogen and oxygen atoms in total. The fourth-order valence-electron chi connectivity index (χ4n) is 2.32. The van der Waals surface area contributed by atoms with Gasteiger partial charge in [0.15, 0.2) is 5.78 Å². The molecule has 124 valence electrons. The molecule has 0 radical (unpaired) electrons. The fraction of sp³-hybridized carbons (Fsp3) is 0.444. The molecular weight excluding hydrogens is 292 g/mol. The molecular formula is C18H24N2O3. The first-order valence-corrected chi connectivity index (χ1v) is 7.78. The predicted molar refractivity (Wildman–Crippen MR) is 90.7 cm³/mol. The number of nitrogens with one attached hydrogen (secondary N) is 1. The van der Waals surface area contributed by atoms with Gasteiger partial charge in [-0.1, -0.05) is 18.2 Å². The molecule has 0 bridgehead atoms. The van der Waals surface area contributed by atoms with Crippen LogP contribution in [-0.4, -0.2) is 39.9 Å². The largest absolute Gasteiger partial charge is 0.444 e. The van der Waals surface area contributed by atoms with Crippen molar-refractivity contribution in [2.24, 2.45) is 0 Å². The summed E-state index contributed by atoms with van der Waals surface area (Å²) in [5, 5.41) is 0.866. The third-order valence-electron chi connectivity index (χ3n) is 3.45. The van der Waals surface area contributed by atoms with E-state index in [1.54, 1.807) is 6.20 Å². The molecule has 0 saturated carbocycles. The Labute approximate surface area is 136 Å². The summed E-state index contributed by atoms with van der Waals surface area (Å²) in [5.74, 6) is -0.109. The second-order valence-corrected chi connectivity index (χ2v) is 6.87. The van der Waals surface area contributed by atoms with Crippen molar-refractivity contribution >= 4 is 22.8 Å². The van der Waals surface area contributed by atoms with Crippen molar-refractivity contribution in [3.05, 3.63) is 36.0 Å². The molecule has 0 aliphatic rings. The van der Waals surface area contributed by atoms with Gasteiger partial charge in [0.05, 0.1) is 6.54 Å². The molecule has 0 unspecified atom stereocenters. The van der Waals surface area contributed by atoms with E-state index in [1.807, 2.05) is 58.9 Å². The van der Waals surface area contributed by atoms with Crippen molar-refractivity contribution in [1.29, 1.82) is 0 Å². The van der Waals surface area contributed by atoms with E-state index in [0.29, 0.717) is 5.56 Å². The second-order valence-electron chi connectivity index (χ2n) is 6.87. The third-order valence-corrected chi connectivity index (χ3v) is 3.45.